The Labute approximate surface area is 54.6 Å². The Morgan fingerprint density at radius 1 is 1.60 bits per heavy atom. The fourth-order valence-corrected chi connectivity index (χ4v) is 0.449. The molecular formula is C4H4N4O2. The van der Waals surface area contributed by atoms with E-state index in [1.165, 1.54) is 0 Å². The molecule has 0 fully saturated rings. The van der Waals surface area contributed by atoms with Gasteiger partial charge in [0.15, 0.2) is 0 Å². The van der Waals surface area contributed by atoms with Crippen LogP contribution in [0, 0.1) is 10.8 Å². The van der Waals surface area contributed by atoms with Gasteiger partial charge in [0, 0.05) is 0 Å². The number of hydrogen-bond acceptors (Lipinski definition) is 5. The van der Waals surface area contributed by atoms with E-state index in [0.29, 0.717) is 6.29 Å². The summed E-state index contributed by atoms with van der Waals surface area (Å²) in [5.74, 6) is -0.270. The second-order valence-corrected chi connectivity index (χ2v) is 1.47. The highest BCUT2D eigenvalue weighted by Gasteiger charge is 1.92. The van der Waals surface area contributed by atoms with Crippen molar-refractivity contribution < 1.29 is 9.21 Å². The average Bonchev–Trinajstić information content (AvgIpc) is 1.85. The zero-order valence-corrected chi connectivity index (χ0v) is 4.84. The zero-order chi connectivity index (χ0) is 7.56. The molecule has 0 aromatic carbocycles. The molecule has 0 saturated heterocycles. The average molecular weight is 140 g/mol. The number of nitrogens with one attached hydrogen (secondary N) is 3. The van der Waals surface area contributed by atoms with Crippen molar-refractivity contribution in [1.29, 1.82) is 10.8 Å². The van der Waals surface area contributed by atoms with Crippen LogP contribution in [0.25, 0.3) is 0 Å². The van der Waals surface area contributed by atoms with E-state index >= 15 is 0 Å². The van der Waals surface area contributed by atoms with Gasteiger partial charge < -0.3 is 4.42 Å². The van der Waals surface area contributed by atoms with Gasteiger partial charge in [-0.25, -0.2) is 0 Å². The Kier molecular flexibility index (Phi) is 1.44. The van der Waals surface area contributed by atoms with Crippen molar-refractivity contribution in [3.8, 4) is 0 Å². The Hall–Kier alpha value is -1.72. The third-order valence-electron chi connectivity index (χ3n) is 0.761. The summed E-state index contributed by atoms with van der Waals surface area (Å²) < 4.78 is 4.42. The number of nitrogens with zero attached hydrogens (tertiary/aromatic N) is 1. The molecule has 1 aromatic rings. The van der Waals surface area contributed by atoms with Crippen LogP contribution in [0.2, 0.25) is 0 Å². The first-order valence-electron chi connectivity index (χ1n) is 2.38. The van der Waals surface area contributed by atoms with Crippen LogP contribution < -0.4 is 11.3 Å². The Bertz CT molecular complexity index is 321. The van der Waals surface area contributed by atoms with Gasteiger partial charge in [0.1, 0.15) is 0 Å². The van der Waals surface area contributed by atoms with Crippen LogP contribution in [0.15, 0.2) is 4.42 Å². The second kappa shape index (κ2) is 2.26. The summed E-state index contributed by atoms with van der Waals surface area (Å²) in [6.45, 7) is 0. The Morgan fingerprint density at radius 2 is 2.30 bits per heavy atom. The van der Waals surface area contributed by atoms with E-state index in [-0.39, 0.29) is 17.2 Å². The maximum Gasteiger partial charge on any atom is 0.295 e. The molecule has 1 heterocycles. The van der Waals surface area contributed by atoms with Gasteiger partial charge in [0.2, 0.25) is 11.9 Å². The number of aromatic nitrogens is 2. The fraction of sp³-hybridized carbons (Fsp3) is 0. The van der Waals surface area contributed by atoms with E-state index in [9.17, 15) is 4.79 Å². The molecule has 0 atom stereocenters. The molecule has 6 nitrogen and oxygen atoms in total. The van der Waals surface area contributed by atoms with Crippen LogP contribution in [0.1, 0.15) is 10.7 Å². The van der Waals surface area contributed by atoms with Crippen molar-refractivity contribution in [1.82, 2.24) is 9.97 Å². The van der Waals surface area contributed by atoms with Gasteiger partial charge in [-0.15, -0.1) is 0 Å². The minimum atomic E-state index is -0.359. The Morgan fingerprint density at radius 3 is 2.80 bits per heavy atom. The van der Waals surface area contributed by atoms with Crippen molar-refractivity contribution in [2.75, 3.05) is 0 Å². The zero-order valence-electron chi connectivity index (χ0n) is 4.84. The van der Waals surface area contributed by atoms with Crippen LogP contribution in [-0.4, -0.2) is 16.3 Å². The molecule has 1 aromatic heterocycles. The van der Waals surface area contributed by atoms with Gasteiger partial charge in [0.25, 0.3) is 11.6 Å². The summed E-state index contributed by atoms with van der Waals surface area (Å²) in [5, 5.41) is 13.7. The molecule has 0 amide bonds. The lowest BCUT2D eigenvalue weighted by Crippen LogP contribution is -2.23. The number of aromatic amines is 1. The first kappa shape index (κ1) is 6.40. The van der Waals surface area contributed by atoms with Crippen LogP contribution in [-0.2, 0) is 0 Å². The van der Waals surface area contributed by atoms with Gasteiger partial charge in [-0.1, -0.05) is 0 Å². The maximum atomic E-state index is 9.97. The third-order valence-corrected chi connectivity index (χ3v) is 0.761. The van der Waals surface area contributed by atoms with Crippen molar-refractivity contribution in [3.63, 3.8) is 0 Å². The minimum Gasteiger partial charge on any atom is -0.403 e. The molecule has 10 heavy (non-hydrogen) atoms. The molecule has 52 valence electrons. The quantitative estimate of drug-likeness (QED) is 0.425. The molecule has 0 radical (unpaired) electrons. The van der Waals surface area contributed by atoms with E-state index in [0.717, 1.165) is 0 Å². The topological polar surface area (TPSA) is 107 Å². The largest absolute Gasteiger partial charge is 0.403 e. The summed E-state index contributed by atoms with van der Waals surface area (Å²) >= 11 is 0. The number of hydrogen-bond donors (Lipinski definition) is 3. The Balaban J connectivity index is 3.46. The highest BCUT2D eigenvalue weighted by Crippen LogP contribution is 1.72. The number of carbonyl (C=O) groups is 1. The standard InChI is InChI=1S/C4H4N4O2/c5-3-7-2(1-9)10-4(6)8-3/h1H,(H3,5,6,8). The highest BCUT2D eigenvalue weighted by molar-refractivity contribution is 5.66. The maximum absolute atomic E-state index is 9.97. The second-order valence-electron chi connectivity index (χ2n) is 1.47. The third kappa shape index (κ3) is 1.16. The number of rotatable bonds is 1. The molecule has 0 bridgehead atoms. The molecule has 0 aliphatic carbocycles. The fourth-order valence-electron chi connectivity index (χ4n) is 0.449. The van der Waals surface area contributed by atoms with Gasteiger partial charge in [-0.3, -0.25) is 20.6 Å². The van der Waals surface area contributed by atoms with E-state index < -0.39 is 0 Å². The molecule has 1 rings (SSSR count). The SMILES string of the molecule is N=c1nc(C=O)oc(=N)[nH]1. The van der Waals surface area contributed by atoms with E-state index in [1.54, 1.807) is 0 Å². The van der Waals surface area contributed by atoms with Crippen molar-refractivity contribution in [2.45, 2.75) is 0 Å². The summed E-state index contributed by atoms with van der Waals surface area (Å²) in [5.41, 5.74) is -0.625. The molecule has 0 spiro atoms. The van der Waals surface area contributed by atoms with Crippen molar-refractivity contribution in [3.05, 3.63) is 17.2 Å². The lowest BCUT2D eigenvalue weighted by atomic mass is 10.7. The van der Waals surface area contributed by atoms with E-state index in [1.807, 2.05) is 0 Å². The molecule has 0 saturated carbocycles. The van der Waals surface area contributed by atoms with Gasteiger partial charge in [0.05, 0.1) is 0 Å². The smallest absolute Gasteiger partial charge is 0.295 e. The van der Waals surface area contributed by atoms with E-state index in [2.05, 4.69) is 14.4 Å². The lowest BCUT2D eigenvalue weighted by Gasteiger charge is -1.85. The lowest BCUT2D eigenvalue weighted by molar-refractivity contribution is 0.108. The predicted molar refractivity (Wildman–Crippen MR) is 28.0 cm³/mol. The molecule has 0 unspecified atom stereocenters. The van der Waals surface area contributed by atoms with Crippen LogP contribution >= 0.6 is 0 Å². The monoisotopic (exact) mass is 140 g/mol. The normalized spacial score (nSPS) is 9.20. The molecule has 0 aliphatic heterocycles. The summed E-state index contributed by atoms with van der Waals surface area (Å²) in [6, 6.07) is 0. The molecule has 0 aliphatic rings. The van der Waals surface area contributed by atoms with Gasteiger partial charge >= 0.3 is 0 Å². The summed E-state index contributed by atoms with van der Waals surface area (Å²) in [7, 11) is 0. The number of aldehydes is 1. The first-order valence-corrected chi connectivity index (χ1v) is 2.38. The van der Waals surface area contributed by atoms with Crippen LogP contribution in [0.3, 0.4) is 0 Å². The number of carbonyl (C=O) groups excluding carboxylic acids is 1. The van der Waals surface area contributed by atoms with Gasteiger partial charge in [-0.2, -0.15) is 4.98 Å². The molecule has 6 heteroatoms. The van der Waals surface area contributed by atoms with Gasteiger partial charge in [-0.05, 0) is 0 Å². The molecule has 3 N–H and O–H groups in total. The predicted octanol–water partition coefficient (Wildman–Crippen LogP) is -1.23. The van der Waals surface area contributed by atoms with Crippen molar-refractivity contribution >= 4 is 6.29 Å². The molecular weight excluding hydrogens is 136 g/mol. The summed E-state index contributed by atoms with van der Waals surface area (Å²) in [6.07, 6.45) is 0.337. The highest BCUT2D eigenvalue weighted by atomic mass is 16.4. The van der Waals surface area contributed by atoms with Crippen LogP contribution in [0.5, 0.6) is 0 Å². The summed E-state index contributed by atoms with van der Waals surface area (Å²) in [4.78, 5) is 15.4. The van der Waals surface area contributed by atoms with Crippen molar-refractivity contribution in [2.24, 2.45) is 0 Å². The van der Waals surface area contributed by atoms with E-state index in [4.69, 9.17) is 10.8 Å². The number of H-pyrrole nitrogens is 1. The first-order chi connectivity index (χ1) is 4.72. The van der Waals surface area contributed by atoms with Crippen LogP contribution in [0.4, 0.5) is 0 Å². The minimum absolute atomic E-state index is 0.265.